The molecule has 1 N–H and O–H groups in total. The van der Waals surface area contributed by atoms with Gasteiger partial charge in [0, 0.05) is 5.69 Å². The molecule has 0 aliphatic heterocycles. The van der Waals surface area contributed by atoms with Gasteiger partial charge in [-0.3, -0.25) is 4.79 Å². The largest absolute Gasteiger partial charge is 0.493 e. The highest BCUT2D eigenvalue weighted by Gasteiger charge is 2.02. The maximum Gasteiger partial charge on any atom is 0.265 e. The highest BCUT2D eigenvalue weighted by Crippen LogP contribution is 2.25. The normalized spacial score (nSPS) is 10.5. The van der Waals surface area contributed by atoms with Gasteiger partial charge in [-0.1, -0.05) is 23.4 Å². The van der Waals surface area contributed by atoms with Gasteiger partial charge >= 0.3 is 0 Å². The minimum Gasteiger partial charge on any atom is -0.493 e. The highest BCUT2D eigenvalue weighted by atomic mass is 79.9. The maximum atomic E-state index is 11.7. The van der Waals surface area contributed by atoms with Gasteiger partial charge in [-0.05, 0) is 58.7 Å². The molecule has 0 saturated carbocycles. The van der Waals surface area contributed by atoms with Crippen LogP contribution in [0.25, 0.3) is 0 Å². The molecule has 0 aliphatic carbocycles. The lowest BCUT2D eigenvalue weighted by molar-refractivity contribution is -0.120. The summed E-state index contributed by atoms with van der Waals surface area (Å²) in [5, 5.41) is 6.50. The van der Waals surface area contributed by atoms with E-state index in [9.17, 15) is 4.79 Å². The summed E-state index contributed by atoms with van der Waals surface area (Å²) in [6.07, 6.45) is 1.54. The minimum absolute atomic E-state index is 0.149. The van der Waals surface area contributed by atoms with Crippen molar-refractivity contribution in [2.24, 2.45) is 5.16 Å². The number of oxime groups is 1. The smallest absolute Gasteiger partial charge is 0.265 e. The lowest BCUT2D eigenvalue weighted by Gasteiger charge is -2.06. The standard InChI is InChI=1S/C17H17BrN2O3/c1-2-22-16-9-8-13(10-15(16)18)11-19-23-12-17(21)20-14-6-4-3-5-7-14/h3-11H,2,12H2,1H3,(H,20,21)/b19-11+. The monoisotopic (exact) mass is 376 g/mol. The van der Waals surface area contributed by atoms with Crippen LogP contribution in [-0.2, 0) is 9.63 Å². The molecular formula is C17H17BrN2O3. The lowest BCUT2D eigenvalue weighted by Crippen LogP contribution is -2.16. The quantitative estimate of drug-likeness (QED) is 0.589. The Kier molecular flexibility index (Phi) is 6.62. The van der Waals surface area contributed by atoms with Gasteiger partial charge in [0.15, 0.2) is 6.61 Å². The lowest BCUT2D eigenvalue weighted by atomic mass is 10.2. The Labute approximate surface area is 143 Å². The number of hydrogen-bond acceptors (Lipinski definition) is 4. The predicted octanol–water partition coefficient (Wildman–Crippen LogP) is 3.84. The zero-order valence-electron chi connectivity index (χ0n) is 12.7. The number of hydrogen-bond donors (Lipinski definition) is 1. The fourth-order valence-electron chi connectivity index (χ4n) is 1.78. The van der Waals surface area contributed by atoms with Gasteiger partial charge in [0.05, 0.1) is 17.3 Å². The first kappa shape index (κ1) is 17.0. The van der Waals surface area contributed by atoms with E-state index in [2.05, 4.69) is 26.4 Å². The van der Waals surface area contributed by atoms with Crippen molar-refractivity contribution in [3.05, 3.63) is 58.6 Å². The molecule has 120 valence electrons. The van der Waals surface area contributed by atoms with Gasteiger partial charge in [0.1, 0.15) is 5.75 Å². The third-order valence-corrected chi connectivity index (χ3v) is 3.40. The van der Waals surface area contributed by atoms with E-state index in [0.717, 1.165) is 21.5 Å². The first-order valence-electron chi connectivity index (χ1n) is 7.11. The van der Waals surface area contributed by atoms with Crippen LogP contribution in [0.3, 0.4) is 0 Å². The van der Waals surface area contributed by atoms with Crippen molar-refractivity contribution < 1.29 is 14.4 Å². The van der Waals surface area contributed by atoms with Gasteiger partial charge in [-0.25, -0.2) is 0 Å². The number of anilines is 1. The Morgan fingerprint density at radius 2 is 2.04 bits per heavy atom. The number of nitrogens with zero attached hydrogens (tertiary/aromatic N) is 1. The number of benzene rings is 2. The summed E-state index contributed by atoms with van der Waals surface area (Å²) in [4.78, 5) is 16.7. The molecule has 2 aromatic carbocycles. The number of rotatable bonds is 7. The molecule has 5 nitrogen and oxygen atoms in total. The molecule has 0 fully saturated rings. The molecule has 6 heteroatoms. The molecular weight excluding hydrogens is 360 g/mol. The molecule has 1 amide bonds. The van der Waals surface area contributed by atoms with Crippen molar-refractivity contribution in [2.45, 2.75) is 6.92 Å². The van der Waals surface area contributed by atoms with Crippen LogP contribution < -0.4 is 10.1 Å². The van der Waals surface area contributed by atoms with Gasteiger partial charge in [-0.15, -0.1) is 0 Å². The number of ether oxygens (including phenoxy) is 1. The summed E-state index contributed by atoms with van der Waals surface area (Å²) < 4.78 is 6.27. The number of nitrogens with one attached hydrogen (secondary N) is 1. The van der Waals surface area contributed by atoms with Crippen LogP contribution >= 0.6 is 15.9 Å². The average molecular weight is 377 g/mol. The Bertz CT molecular complexity index is 675. The van der Waals surface area contributed by atoms with Crippen LogP contribution in [0.15, 0.2) is 58.2 Å². The van der Waals surface area contributed by atoms with Crippen LogP contribution in [0.5, 0.6) is 5.75 Å². The second-order valence-corrected chi connectivity index (χ2v) is 5.40. The number of carbonyl (C=O) groups excluding carboxylic acids is 1. The van der Waals surface area contributed by atoms with Crippen molar-refractivity contribution >= 4 is 33.7 Å². The molecule has 0 aliphatic rings. The number of carbonyl (C=O) groups is 1. The molecule has 0 saturated heterocycles. The third-order valence-electron chi connectivity index (χ3n) is 2.79. The maximum absolute atomic E-state index is 11.7. The third kappa shape index (κ3) is 5.75. The van der Waals surface area contributed by atoms with E-state index >= 15 is 0 Å². The van der Waals surface area contributed by atoms with E-state index in [4.69, 9.17) is 9.57 Å². The summed E-state index contributed by atoms with van der Waals surface area (Å²) in [6, 6.07) is 14.7. The zero-order valence-corrected chi connectivity index (χ0v) is 14.2. The van der Waals surface area contributed by atoms with Gasteiger partial charge < -0.3 is 14.9 Å². The second-order valence-electron chi connectivity index (χ2n) is 4.55. The molecule has 0 radical (unpaired) electrons. The summed E-state index contributed by atoms with van der Waals surface area (Å²) in [7, 11) is 0. The van der Waals surface area contributed by atoms with Crippen molar-refractivity contribution in [3.63, 3.8) is 0 Å². The molecule has 0 aromatic heterocycles. The van der Waals surface area contributed by atoms with Crippen LogP contribution in [-0.4, -0.2) is 25.3 Å². The molecule has 23 heavy (non-hydrogen) atoms. The molecule has 0 bridgehead atoms. The van der Waals surface area contributed by atoms with E-state index in [1.54, 1.807) is 12.1 Å². The molecule has 2 aromatic rings. The van der Waals surface area contributed by atoms with Crippen LogP contribution in [0.4, 0.5) is 5.69 Å². The average Bonchev–Trinajstić information content (AvgIpc) is 2.55. The summed E-state index contributed by atoms with van der Waals surface area (Å²) >= 11 is 3.43. The van der Waals surface area contributed by atoms with Crippen molar-refractivity contribution in [2.75, 3.05) is 18.5 Å². The zero-order chi connectivity index (χ0) is 16.5. The molecule has 0 heterocycles. The van der Waals surface area contributed by atoms with Gasteiger partial charge in [-0.2, -0.15) is 0 Å². The Balaban J connectivity index is 1.80. The first-order valence-corrected chi connectivity index (χ1v) is 7.91. The molecule has 0 atom stereocenters. The fraction of sp³-hybridized carbons (Fsp3) is 0.176. The number of para-hydroxylation sites is 1. The number of halogens is 1. The Morgan fingerprint density at radius 1 is 1.26 bits per heavy atom. The van der Waals surface area contributed by atoms with E-state index in [0.29, 0.717) is 6.61 Å². The number of amides is 1. The van der Waals surface area contributed by atoms with E-state index < -0.39 is 0 Å². The fourth-order valence-corrected chi connectivity index (χ4v) is 2.29. The van der Waals surface area contributed by atoms with Crippen molar-refractivity contribution in [1.82, 2.24) is 0 Å². The van der Waals surface area contributed by atoms with E-state index in [1.807, 2.05) is 43.3 Å². The minimum atomic E-state index is -0.263. The van der Waals surface area contributed by atoms with Crippen LogP contribution in [0, 0.1) is 0 Å². The SMILES string of the molecule is CCOc1ccc(/C=N/OCC(=O)Nc2ccccc2)cc1Br. The molecule has 0 spiro atoms. The topological polar surface area (TPSA) is 59.9 Å². The van der Waals surface area contributed by atoms with Crippen LogP contribution in [0.1, 0.15) is 12.5 Å². The molecule has 2 rings (SSSR count). The van der Waals surface area contributed by atoms with Crippen molar-refractivity contribution in [3.8, 4) is 5.75 Å². The summed E-state index contributed by atoms with van der Waals surface area (Å²) in [5.74, 6) is 0.508. The van der Waals surface area contributed by atoms with Gasteiger partial charge in [0.2, 0.25) is 0 Å². The highest BCUT2D eigenvalue weighted by molar-refractivity contribution is 9.10. The van der Waals surface area contributed by atoms with E-state index in [1.165, 1.54) is 6.21 Å². The molecule has 0 unspecified atom stereocenters. The predicted molar refractivity (Wildman–Crippen MR) is 93.9 cm³/mol. The van der Waals surface area contributed by atoms with Gasteiger partial charge in [0.25, 0.3) is 5.91 Å². The Hall–Kier alpha value is -2.34. The summed E-state index contributed by atoms with van der Waals surface area (Å²) in [6.45, 7) is 2.38. The summed E-state index contributed by atoms with van der Waals surface area (Å²) in [5.41, 5.74) is 1.56. The Morgan fingerprint density at radius 3 is 2.74 bits per heavy atom. The second kappa shape index (κ2) is 8.95. The van der Waals surface area contributed by atoms with E-state index in [-0.39, 0.29) is 12.5 Å². The van der Waals surface area contributed by atoms with Crippen molar-refractivity contribution in [1.29, 1.82) is 0 Å². The first-order chi connectivity index (χ1) is 11.2. The van der Waals surface area contributed by atoms with Crippen LogP contribution in [0.2, 0.25) is 0 Å².